The lowest BCUT2D eigenvalue weighted by atomic mass is 10.1. The number of aryl methyl sites for hydroxylation is 2. The molecule has 0 unspecified atom stereocenters. The van der Waals surface area contributed by atoms with Crippen molar-refractivity contribution < 1.29 is 4.79 Å². The van der Waals surface area contributed by atoms with Crippen LogP contribution < -0.4 is 0 Å². The zero-order valence-corrected chi connectivity index (χ0v) is 10.9. The monoisotopic (exact) mass is 257 g/mol. The van der Waals surface area contributed by atoms with Gasteiger partial charge in [0.15, 0.2) is 0 Å². The van der Waals surface area contributed by atoms with Gasteiger partial charge in [0.1, 0.15) is 12.2 Å². The van der Waals surface area contributed by atoms with Crippen LogP contribution in [0.4, 0.5) is 0 Å². The molecule has 3 rings (SSSR count). The quantitative estimate of drug-likeness (QED) is 0.804. The molecule has 0 aliphatic carbocycles. The van der Waals surface area contributed by atoms with Crippen LogP contribution in [-0.2, 0) is 0 Å². The molecule has 0 saturated carbocycles. The van der Waals surface area contributed by atoms with Crippen LogP contribution in [0, 0.1) is 13.8 Å². The average molecular weight is 257 g/mol. The van der Waals surface area contributed by atoms with Gasteiger partial charge in [0.2, 0.25) is 0 Å². The zero-order chi connectivity index (χ0) is 13.4. The predicted molar refractivity (Wildman–Crippen MR) is 68.7 cm³/mol. The number of nitrogens with zero attached hydrogens (tertiary/aromatic N) is 5. The molecule has 0 N–H and O–H groups in total. The molecule has 0 radical (unpaired) electrons. The number of carbonyl (C=O) groups is 1. The third-order valence-electron chi connectivity index (χ3n) is 3.45. The number of amides is 1. The molecule has 0 aromatic carbocycles. The molecule has 0 atom stereocenters. The maximum Gasteiger partial charge on any atom is 0.255 e. The molecule has 2 aromatic heterocycles. The minimum atomic E-state index is 0.0366. The third kappa shape index (κ3) is 2.09. The van der Waals surface area contributed by atoms with Crippen molar-refractivity contribution in [3.63, 3.8) is 0 Å². The van der Waals surface area contributed by atoms with Crippen molar-refractivity contribution in [2.45, 2.75) is 19.9 Å². The Kier molecular flexibility index (Phi) is 2.77. The van der Waals surface area contributed by atoms with Gasteiger partial charge >= 0.3 is 0 Å². The molecular formula is C13H15N5O. The summed E-state index contributed by atoms with van der Waals surface area (Å²) in [6, 6.07) is 3.97. The standard InChI is InChI=1S/C13H15N5O/c1-9-3-4-11(5-14-9)13(19)17-6-12(7-17)18-8-15-16-10(18)2/h3-5,8,12H,6-7H2,1-2H3. The number of aromatic nitrogens is 4. The number of rotatable bonds is 2. The number of likely N-dealkylation sites (tertiary alicyclic amines) is 1. The van der Waals surface area contributed by atoms with Crippen LogP contribution in [0.1, 0.15) is 27.9 Å². The van der Waals surface area contributed by atoms with Crippen molar-refractivity contribution in [2.24, 2.45) is 0 Å². The van der Waals surface area contributed by atoms with Crippen molar-refractivity contribution in [2.75, 3.05) is 13.1 Å². The van der Waals surface area contributed by atoms with Gasteiger partial charge in [0.25, 0.3) is 5.91 Å². The third-order valence-corrected chi connectivity index (χ3v) is 3.45. The van der Waals surface area contributed by atoms with Crippen molar-refractivity contribution in [1.29, 1.82) is 0 Å². The maximum atomic E-state index is 12.2. The first kappa shape index (κ1) is 11.8. The highest BCUT2D eigenvalue weighted by atomic mass is 16.2. The van der Waals surface area contributed by atoms with Gasteiger partial charge in [0.05, 0.1) is 11.6 Å². The lowest BCUT2D eigenvalue weighted by Gasteiger charge is -2.40. The predicted octanol–water partition coefficient (Wildman–Crippen LogP) is 0.987. The fourth-order valence-corrected chi connectivity index (χ4v) is 2.23. The summed E-state index contributed by atoms with van der Waals surface area (Å²) in [5, 5.41) is 7.82. The Labute approximate surface area is 111 Å². The van der Waals surface area contributed by atoms with E-state index in [0.29, 0.717) is 18.7 Å². The van der Waals surface area contributed by atoms with Gasteiger partial charge in [-0.3, -0.25) is 9.78 Å². The highest BCUT2D eigenvalue weighted by Gasteiger charge is 2.33. The Morgan fingerprint density at radius 2 is 2.11 bits per heavy atom. The van der Waals surface area contributed by atoms with E-state index in [2.05, 4.69) is 15.2 Å². The van der Waals surface area contributed by atoms with E-state index in [1.54, 1.807) is 12.5 Å². The normalized spacial score (nSPS) is 15.4. The van der Waals surface area contributed by atoms with E-state index in [1.165, 1.54) is 0 Å². The first-order valence-electron chi connectivity index (χ1n) is 6.23. The van der Waals surface area contributed by atoms with Gasteiger partial charge in [-0.1, -0.05) is 0 Å². The molecule has 2 aromatic rings. The Balaban J connectivity index is 1.66. The molecule has 1 aliphatic heterocycles. The fourth-order valence-electron chi connectivity index (χ4n) is 2.23. The number of pyridine rings is 1. The Morgan fingerprint density at radius 3 is 2.68 bits per heavy atom. The van der Waals surface area contributed by atoms with Crippen LogP contribution in [0.5, 0.6) is 0 Å². The minimum absolute atomic E-state index is 0.0366. The summed E-state index contributed by atoms with van der Waals surface area (Å²) in [4.78, 5) is 18.2. The highest BCUT2D eigenvalue weighted by molar-refractivity contribution is 5.94. The van der Waals surface area contributed by atoms with E-state index in [4.69, 9.17) is 0 Å². The fraction of sp³-hybridized carbons (Fsp3) is 0.385. The van der Waals surface area contributed by atoms with Gasteiger partial charge in [-0.2, -0.15) is 0 Å². The largest absolute Gasteiger partial charge is 0.334 e. The second kappa shape index (κ2) is 4.46. The summed E-state index contributed by atoms with van der Waals surface area (Å²) in [5.74, 6) is 0.920. The molecule has 0 spiro atoms. The van der Waals surface area contributed by atoms with E-state index in [-0.39, 0.29) is 11.9 Å². The summed E-state index contributed by atoms with van der Waals surface area (Å²) in [6.45, 7) is 5.22. The Morgan fingerprint density at radius 1 is 1.32 bits per heavy atom. The molecular weight excluding hydrogens is 242 g/mol. The molecule has 1 aliphatic rings. The molecule has 6 nitrogen and oxygen atoms in total. The van der Waals surface area contributed by atoms with Gasteiger partial charge in [-0.05, 0) is 26.0 Å². The average Bonchev–Trinajstić information content (AvgIpc) is 2.75. The molecule has 1 fully saturated rings. The summed E-state index contributed by atoms with van der Waals surface area (Å²) >= 11 is 0. The number of hydrogen-bond acceptors (Lipinski definition) is 4. The number of carbonyl (C=O) groups excluding carboxylic acids is 1. The molecule has 19 heavy (non-hydrogen) atoms. The maximum absolute atomic E-state index is 12.2. The minimum Gasteiger partial charge on any atom is -0.334 e. The topological polar surface area (TPSA) is 63.9 Å². The van der Waals surface area contributed by atoms with E-state index < -0.39 is 0 Å². The van der Waals surface area contributed by atoms with Crippen molar-refractivity contribution in [1.82, 2.24) is 24.6 Å². The lowest BCUT2D eigenvalue weighted by molar-refractivity contribution is 0.0516. The van der Waals surface area contributed by atoms with Crippen LogP contribution in [-0.4, -0.2) is 43.6 Å². The van der Waals surface area contributed by atoms with Crippen LogP contribution >= 0.6 is 0 Å². The van der Waals surface area contributed by atoms with Crippen molar-refractivity contribution >= 4 is 5.91 Å². The van der Waals surface area contributed by atoms with Crippen LogP contribution in [0.25, 0.3) is 0 Å². The molecule has 0 bridgehead atoms. The van der Waals surface area contributed by atoms with Gasteiger partial charge in [-0.25, -0.2) is 0 Å². The van der Waals surface area contributed by atoms with Crippen LogP contribution in [0.2, 0.25) is 0 Å². The summed E-state index contributed by atoms with van der Waals surface area (Å²) < 4.78 is 2.01. The van der Waals surface area contributed by atoms with E-state index in [0.717, 1.165) is 11.5 Å². The SMILES string of the molecule is Cc1ccc(C(=O)N2CC(n3cnnc3C)C2)cn1. The van der Waals surface area contributed by atoms with E-state index >= 15 is 0 Å². The highest BCUT2D eigenvalue weighted by Crippen LogP contribution is 2.23. The van der Waals surface area contributed by atoms with Gasteiger partial charge in [0, 0.05) is 25.0 Å². The summed E-state index contributed by atoms with van der Waals surface area (Å²) in [5.41, 5.74) is 1.56. The smallest absolute Gasteiger partial charge is 0.255 e. The Bertz CT molecular complexity index is 598. The second-order valence-corrected chi connectivity index (χ2v) is 4.84. The van der Waals surface area contributed by atoms with Crippen LogP contribution in [0.3, 0.4) is 0 Å². The number of hydrogen-bond donors (Lipinski definition) is 0. The molecule has 3 heterocycles. The summed E-state index contributed by atoms with van der Waals surface area (Å²) in [6.07, 6.45) is 3.35. The van der Waals surface area contributed by atoms with Gasteiger partial charge < -0.3 is 9.47 Å². The van der Waals surface area contributed by atoms with Crippen LogP contribution in [0.15, 0.2) is 24.7 Å². The second-order valence-electron chi connectivity index (χ2n) is 4.84. The van der Waals surface area contributed by atoms with Gasteiger partial charge in [-0.15, -0.1) is 10.2 Å². The summed E-state index contributed by atoms with van der Waals surface area (Å²) in [7, 11) is 0. The van der Waals surface area contributed by atoms with Crippen molar-refractivity contribution in [3.05, 3.63) is 41.7 Å². The molecule has 98 valence electrons. The molecule has 6 heteroatoms. The van der Waals surface area contributed by atoms with Crippen molar-refractivity contribution in [3.8, 4) is 0 Å². The Hall–Kier alpha value is -2.24. The first-order valence-corrected chi connectivity index (χ1v) is 6.23. The lowest BCUT2D eigenvalue weighted by Crippen LogP contribution is -2.50. The molecule has 1 saturated heterocycles. The zero-order valence-electron chi connectivity index (χ0n) is 10.9. The van der Waals surface area contributed by atoms with E-state index in [9.17, 15) is 4.79 Å². The molecule has 1 amide bonds. The van der Waals surface area contributed by atoms with E-state index in [1.807, 2.05) is 35.4 Å². The first-order chi connectivity index (χ1) is 9.15.